The Morgan fingerprint density at radius 2 is 1.95 bits per heavy atom. The molecule has 0 bridgehead atoms. The van der Waals surface area contributed by atoms with E-state index in [1.54, 1.807) is 31.3 Å². The number of hydrogen-bond acceptors (Lipinski definition) is 5. The molecule has 8 heteroatoms. The van der Waals surface area contributed by atoms with Crippen LogP contribution >= 0.6 is 0 Å². The third kappa shape index (κ3) is 2.31. The zero-order valence-corrected chi connectivity index (χ0v) is 11.8. The fourth-order valence-electron chi connectivity index (χ4n) is 1.71. The highest BCUT2D eigenvalue weighted by molar-refractivity contribution is 7.93. The monoisotopic (exact) mass is 291 g/mol. The van der Waals surface area contributed by atoms with Gasteiger partial charge in [0.2, 0.25) is 0 Å². The Hall–Kier alpha value is -2.53. The smallest absolute Gasteiger partial charge is 0.269 e. The van der Waals surface area contributed by atoms with Gasteiger partial charge in [0.1, 0.15) is 4.90 Å². The van der Waals surface area contributed by atoms with Crippen LogP contribution in [0.15, 0.2) is 35.4 Å². The Balaban J connectivity index is 2.43. The van der Waals surface area contributed by atoms with Gasteiger partial charge in [-0.1, -0.05) is 0 Å². The van der Waals surface area contributed by atoms with Gasteiger partial charge in [0, 0.05) is 20.3 Å². The molecule has 20 heavy (non-hydrogen) atoms. The van der Waals surface area contributed by atoms with Crippen LogP contribution in [0.25, 0.3) is 0 Å². The quantitative estimate of drug-likeness (QED) is 0.896. The molecule has 0 aliphatic rings. The van der Waals surface area contributed by atoms with Gasteiger partial charge in [0.25, 0.3) is 10.0 Å². The van der Waals surface area contributed by atoms with Gasteiger partial charge in [-0.05, 0) is 24.3 Å². The van der Waals surface area contributed by atoms with Gasteiger partial charge in [-0.15, -0.1) is 0 Å². The molecule has 0 atom stereocenters. The molecule has 0 saturated heterocycles. The highest BCUT2D eigenvalue weighted by Gasteiger charge is 2.26. The first-order valence-corrected chi connectivity index (χ1v) is 7.08. The lowest BCUT2D eigenvalue weighted by Crippen LogP contribution is -2.26. The van der Waals surface area contributed by atoms with Crippen molar-refractivity contribution in [1.29, 1.82) is 5.26 Å². The molecule has 0 fully saturated rings. The maximum Gasteiger partial charge on any atom is 0.269 e. The van der Waals surface area contributed by atoms with E-state index in [1.807, 2.05) is 6.07 Å². The van der Waals surface area contributed by atoms with Crippen LogP contribution in [0, 0.1) is 11.3 Å². The molecule has 0 unspecified atom stereocenters. The second kappa shape index (κ2) is 4.86. The SMILES string of the molecule is CN(c1ccc(C#N)cc1)S(=O)(=O)c1cn(C)nc1N. The molecule has 2 N–H and O–H groups in total. The summed E-state index contributed by atoms with van der Waals surface area (Å²) in [6.45, 7) is 0. The van der Waals surface area contributed by atoms with Crippen molar-refractivity contribution in [3.63, 3.8) is 0 Å². The number of nitriles is 1. The number of nitrogens with zero attached hydrogens (tertiary/aromatic N) is 4. The maximum absolute atomic E-state index is 12.4. The van der Waals surface area contributed by atoms with Crippen LogP contribution in [0.5, 0.6) is 0 Å². The highest BCUT2D eigenvalue weighted by atomic mass is 32.2. The van der Waals surface area contributed by atoms with E-state index in [0.717, 1.165) is 4.31 Å². The predicted octanol–water partition coefficient (Wildman–Crippen LogP) is 0.699. The van der Waals surface area contributed by atoms with Crippen LogP contribution < -0.4 is 10.0 Å². The summed E-state index contributed by atoms with van der Waals surface area (Å²) < 4.78 is 27.3. The molecule has 7 nitrogen and oxygen atoms in total. The first-order valence-electron chi connectivity index (χ1n) is 5.64. The summed E-state index contributed by atoms with van der Waals surface area (Å²) in [5, 5.41) is 12.6. The van der Waals surface area contributed by atoms with Crippen LogP contribution in [0.2, 0.25) is 0 Å². The van der Waals surface area contributed by atoms with E-state index in [2.05, 4.69) is 5.10 Å². The van der Waals surface area contributed by atoms with E-state index in [-0.39, 0.29) is 10.7 Å². The zero-order chi connectivity index (χ0) is 14.9. The van der Waals surface area contributed by atoms with E-state index < -0.39 is 10.0 Å². The molecule has 0 radical (unpaired) electrons. The molecule has 0 aliphatic heterocycles. The summed E-state index contributed by atoms with van der Waals surface area (Å²) in [6, 6.07) is 8.19. The van der Waals surface area contributed by atoms with Crippen molar-refractivity contribution in [2.24, 2.45) is 7.05 Å². The third-order valence-electron chi connectivity index (χ3n) is 2.82. The van der Waals surface area contributed by atoms with Crippen LogP contribution in [-0.2, 0) is 17.1 Å². The van der Waals surface area contributed by atoms with Crippen LogP contribution in [-0.4, -0.2) is 25.2 Å². The van der Waals surface area contributed by atoms with Crippen LogP contribution in [0.4, 0.5) is 11.5 Å². The van der Waals surface area contributed by atoms with Crippen LogP contribution in [0.1, 0.15) is 5.56 Å². The minimum atomic E-state index is -3.78. The lowest BCUT2D eigenvalue weighted by Gasteiger charge is -2.18. The van der Waals surface area contributed by atoms with E-state index in [9.17, 15) is 8.42 Å². The number of hydrogen-bond donors (Lipinski definition) is 1. The summed E-state index contributed by atoms with van der Waals surface area (Å²) in [5.74, 6) is -0.0482. The molecule has 1 aromatic heterocycles. The third-order valence-corrected chi connectivity index (χ3v) is 4.62. The van der Waals surface area contributed by atoms with Gasteiger partial charge >= 0.3 is 0 Å². The molecule has 0 spiro atoms. The zero-order valence-electron chi connectivity index (χ0n) is 11.0. The maximum atomic E-state index is 12.4. The first kappa shape index (κ1) is 13.9. The number of anilines is 2. The number of aryl methyl sites for hydroxylation is 1. The van der Waals surface area contributed by atoms with Crippen molar-refractivity contribution < 1.29 is 8.42 Å². The van der Waals surface area contributed by atoms with E-state index >= 15 is 0 Å². The van der Waals surface area contributed by atoms with Crippen molar-refractivity contribution in [3.8, 4) is 6.07 Å². The van der Waals surface area contributed by atoms with Crippen molar-refractivity contribution in [2.75, 3.05) is 17.1 Å². The van der Waals surface area contributed by atoms with Crippen LogP contribution in [0.3, 0.4) is 0 Å². The fraction of sp³-hybridized carbons (Fsp3) is 0.167. The fourth-order valence-corrected chi connectivity index (χ4v) is 3.00. The lowest BCUT2D eigenvalue weighted by molar-refractivity contribution is 0.594. The van der Waals surface area contributed by atoms with Crippen molar-refractivity contribution in [1.82, 2.24) is 9.78 Å². The Labute approximate surface area is 116 Å². The van der Waals surface area contributed by atoms with Gasteiger partial charge in [-0.25, -0.2) is 8.42 Å². The topological polar surface area (TPSA) is 105 Å². The second-order valence-electron chi connectivity index (χ2n) is 4.18. The van der Waals surface area contributed by atoms with Gasteiger partial charge in [0.05, 0.1) is 17.3 Å². The van der Waals surface area contributed by atoms with Gasteiger partial charge in [-0.2, -0.15) is 10.4 Å². The molecular formula is C12H13N5O2S. The molecule has 1 heterocycles. The normalized spacial score (nSPS) is 11.1. The van der Waals surface area contributed by atoms with Gasteiger partial charge < -0.3 is 5.73 Å². The van der Waals surface area contributed by atoms with Gasteiger partial charge in [0.15, 0.2) is 5.82 Å². The summed E-state index contributed by atoms with van der Waals surface area (Å²) >= 11 is 0. The van der Waals surface area contributed by atoms with E-state index in [4.69, 9.17) is 11.0 Å². The Kier molecular flexibility index (Phi) is 3.38. The summed E-state index contributed by atoms with van der Waals surface area (Å²) in [5.41, 5.74) is 6.50. The minimum absolute atomic E-state index is 0.0482. The minimum Gasteiger partial charge on any atom is -0.381 e. The average molecular weight is 291 g/mol. The Bertz CT molecular complexity index is 771. The standard InChI is InChI=1S/C12H13N5O2S/c1-16-8-11(12(14)15-16)20(18,19)17(2)10-5-3-9(7-13)4-6-10/h3-6,8H,1-2H3,(H2,14,15). The molecular weight excluding hydrogens is 278 g/mol. The average Bonchev–Trinajstić information content (AvgIpc) is 2.77. The number of sulfonamides is 1. The van der Waals surface area contributed by atoms with Crippen molar-refractivity contribution in [3.05, 3.63) is 36.0 Å². The molecule has 0 aliphatic carbocycles. The van der Waals surface area contributed by atoms with Crippen molar-refractivity contribution in [2.45, 2.75) is 4.90 Å². The molecule has 1 aromatic carbocycles. The molecule has 2 aromatic rings. The number of nitrogens with two attached hydrogens (primary N) is 1. The summed E-state index contributed by atoms with van der Waals surface area (Å²) in [7, 11) is -0.765. The molecule has 104 valence electrons. The second-order valence-corrected chi connectivity index (χ2v) is 6.12. The Morgan fingerprint density at radius 1 is 1.35 bits per heavy atom. The molecule has 2 rings (SSSR count). The predicted molar refractivity (Wildman–Crippen MR) is 74.4 cm³/mol. The van der Waals surface area contributed by atoms with E-state index in [0.29, 0.717) is 11.3 Å². The van der Waals surface area contributed by atoms with Crippen molar-refractivity contribution >= 4 is 21.5 Å². The summed E-state index contributed by atoms with van der Waals surface area (Å²) in [6.07, 6.45) is 1.35. The molecule has 0 amide bonds. The first-order chi connectivity index (χ1) is 9.36. The van der Waals surface area contributed by atoms with E-state index in [1.165, 1.54) is 17.9 Å². The highest BCUT2D eigenvalue weighted by Crippen LogP contribution is 2.25. The number of nitrogen functional groups attached to an aromatic ring is 1. The Morgan fingerprint density at radius 3 is 2.40 bits per heavy atom. The summed E-state index contributed by atoms with van der Waals surface area (Å²) in [4.78, 5) is -0.0492. The number of aromatic nitrogens is 2. The number of benzene rings is 1. The van der Waals surface area contributed by atoms with Gasteiger partial charge in [-0.3, -0.25) is 8.99 Å². The molecule has 0 saturated carbocycles. The lowest BCUT2D eigenvalue weighted by atomic mass is 10.2. The largest absolute Gasteiger partial charge is 0.381 e. The number of rotatable bonds is 3.